The van der Waals surface area contributed by atoms with Crippen molar-refractivity contribution in [2.45, 2.75) is 0 Å². The number of carbonyl (C=O) groups is 2. The predicted molar refractivity (Wildman–Crippen MR) is 121 cm³/mol. The number of anilines is 1. The number of nitrogens with zero attached hydrogens (tertiary/aromatic N) is 6. The maximum absolute atomic E-state index is 12.0. The molecule has 5 heterocycles. The number of carbonyl (C=O) groups excluding carboxylic acids is 2. The van der Waals surface area contributed by atoms with Crippen LogP contribution in [0.1, 0.15) is 10.4 Å². The Morgan fingerprint density at radius 1 is 1.06 bits per heavy atom. The highest BCUT2D eigenvalue weighted by Crippen LogP contribution is 2.29. The lowest BCUT2D eigenvalue weighted by Gasteiger charge is -2.12. The molecule has 0 saturated heterocycles. The zero-order valence-corrected chi connectivity index (χ0v) is 17.6. The van der Waals surface area contributed by atoms with Crippen LogP contribution in [0.2, 0.25) is 0 Å². The fourth-order valence-corrected chi connectivity index (χ4v) is 3.36. The molecule has 0 aliphatic carbocycles. The van der Waals surface area contributed by atoms with E-state index in [4.69, 9.17) is 5.73 Å². The summed E-state index contributed by atoms with van der Waals surface area (Å²) in [6, 6.07) is 4.97. The molecule has 0 atom stereocenters. The molecule has 12 nitrogen and oxygen atoms in total. The standard InChI is InChI=1S/C21H18N10O2/c1-31(2)21(33)26-12-5-10(7-23-9-12)11-6-14-16(29-30-18(14)25-8-11)20-27-15-13(17(22)32)3-4-24-19(15)28-20/h3-9H,1-2H3,(H2,22,32)(H,26,33)(H,24,27,28)(H,25,29,30). The van der Waals surface area contributed by atoms with Crippen LogP contribution < -0.4 is 11.1 Å². The monoisotopic (exact) mass is 442 g/mol. The van der Waals surface area contributed by atoms with Gasteiger partial charge in [0.15, 0.2) is 17.1 Å². The van der Waals surface area contributed by atoms with Crippen LogP contribution in [0.25, 0.3) is 44.8 Å². The molecule has 5 rings (SSSR count). The van der Waals surface area contributed by atoms with Crippen molar-refractivity contribution in [1.29, 1.82) is 0 Å². The highest BCUT2D eigenvalue weighted by atomic mass is 16.2. The van der Waals surface area contributed by atoms with Gasteiger partial charge in [-0.15, -0.1) is 0 Å². The zero-order valence-electron chi connectivity index (χ0n) is 17.6. The van der Waals surface area contributed by atoms with Crippen LogP contribution in [-0.2, 0) is 0 Å². The van der Waals surface area contributed by atoms with E-state index in [1.165, 1.54) is 17.2 Å². The first-order valence-corrected chi connectivity index (χ1v) is 9.83. The number of fused-ring (bicyclic) bond motifs is 2. The number of nitrogens with one attached hydrogen (secondary N) is 3. The first-order valence-electron chi connectivity index (χ1n) is 9.83. The summed E-state index contributed by atoms with van der Waals surface area (Å²) in [6.07, 6.45) is 6.42. The van der Waals surface area contributed by atoms with Crippen LogP contribution in [0.3, 0.4) is 0 Å². The molecule has 164 valence electrons. The van der Waals surface area contributed by atoms with Crippen molar-refractivity contribution in [3.05, 3.63) is 48.5 Å². The number of nitrogens with two attached hydrogens (primary N) is 1. The maximum atomic E-state index is 12.0. The number of aromatic nitrogens is 7. The van der Waals surface area contributed by atoms with Gasteiger partial charge in [0.2, 0.25) is 0 Å². The molecule has 0 unspecified atom stereocenters. The van der Waals surface area contributed by atoms with E-state index in [9.17, 15) is 9.59 Å². The molecule has 12 heteroatoms. The molecular formula is C21H18N10O2. The van der Waals surface area contributed by atoms with E-state index in [2.05, 4.69) is 40.4 Å². The van der Waals surface area contributed by atoms with Crippen molar-refractivity contribution < 1.29 is 9.59 Å². The van der Waals surface area contributed by atoms with Gasteiger partial charge in [0.05, 0.1) is 22.8 Å². The lowest BCUT2D eigenvalue weighted by molar-refractivity contribution is 0.100. The van der Waals surface area contributed by atoms with Gasteiger partial charge in [0.25, 0.3) is 5.91 Å². The van der Waals surface area contributed by atoms with Gasteiger partial charge < -0.3 is 20.9 Å². The zero-order chi connectivity index (χ0) is 23.1. The number of hydrogen-bond donors (Lipinski definition) is 4. The minimum absolute atomic E-state index is 0.256. The minimum Gasteiger partial charge on any atom is -0.366 e. The molecular weight excluding hydrogens is 424 g/mol. The van der Waals surface area contributed by atoms with Crippen molar-refractivity contribution in [1.82, 2.24) is 40.0 Å². The fraction of sp³-hybridized carbons (Fsp3) is 0.0952. The van der Waals surface area contributed by atoms with Gasteiger partial charge in [-0.3, -0.25) is 14.9 Å². The normalized spacial score (nSPS) is 11.1. The quantitative estimate of drug-likeness (QED) is 0.330. The molecule has 5 aromatic heterocycles. The summed E-state index contributed by atoms with van der Waals surface area (Å²) in [6.45, 7) is 0. The van der Waals surface area contributed by atoms with Crippen molar-refractivity contribution in [3.63, 3.8) is 0 Å². The van der Waals surface area contributed by atoms with Crippen molar-refractivity contribution in [2.24, 2.45) is 5.73 Å². The molecule has 0 aliphatic rings. The van der Waals surface area contributed by atoms with Crippen LogP contribution in [0.4, 0.5) is 10.5 Å². The number of urea groups is 1. The third kappa shape index (κ3) is 3.59. The average molecular weight is 442 g/mol. The molecule has 5 aromatic rings. The van der Waals surface area contributed by atoms with Gasteiger partial charge in [-0.2, -0.15) is 5.10 Å². The topological polar surface area (TPSA) is 171 Å². The molecule has 0 aliphatic heterocycles. The van der Waals surface area contributed by atoms with Crippen LogP contribution in [0.5, 0.6) is 0 Å². The molecule has 33 heavy (non-hydrogen) atoms. The Hall–Kier alpha value is -4.87. The Morgan fingerprint density at radius 2 is 1.88 bits per heavy atom. The Balaban J connectivity index is 1.57. The van der Waals surface area contributed by atoms with Gasteiger partial charge in [-0.1, -0.05) is 0 Å². The van der Waals surface area contributed by atoms with Crippen LogP contribution in [-0.4, -0.2) is 66.1 Å². The first kappa shape index (κ1) is 20.1. The third-order valence-corrected chi connectivity index (χ3v) is 5.02. The summed E-state index contributed by atoms with van der Waals surface area (Å²) >= 11 is 0. The van der Waals surface area contributed by atoms with E-state index in [0.29, 0.717) is 39.4 Å². The van der Waals surface area contributed by atoms with E-state index < -0.39 is 5.91 Å². The lowest BCUT2D eigenvalue weighted by atomic mass is 10.1. The van der Waals surface area contributed by atoms with Gasteiger partial charge >= 0.3 is 6.03 Å². The second-order valence-corrected chi connectivity index (χ2v) is 7.48. The maximum Gasteiger partial charge on any atom is 0.321 e. The summed E-state index contributed by atoms with van der Waals surface area (Å²) in [5.41, 5.74) is 9.67. The van der Waals surface area contributed by atoms with E-state index in [1.807, 2.05) is 6.07 Å². The molecule has 0 radical (unpaired) electrons. The summed E-state index contributed by atoms with van der Waals surface area (Å²) in [4.78, 5) is 45.6. The smallest absolute Gasteiger partial charge is 0.321 e. The Kier molecular flexibility index (Phi) is 4.66. The number of imidazole rings is 1. The first-order chi connectivity index (χ1) is 15.9. The van der Waals surface area contributed by atoms with Gasteiger partial charge in [-0.25, -0.2) is 19.7 Å². The van der Waals surface area contributed by atoms with Gasteiger partial charge in [-0.05, 0) is 18.2 Å². The van der Waals surface area contributed by atoms with E-state index in [1.54, 1.807) is 38.8 Å². The van der Waals surface area contributed by atoms with Crippen LogP contribution >= 0.6 is 0 Å². The highest BCUT2D eigenvalue weighted by Gasteiger charge is 2.18. The van der Waals surface area contributed by atoms with Crippen LogP contribution in [0.15, 0.2) is 43.0 Å². The molecule has 0 saturated carbocycles. The molecule has 5 N–H and O–H groups in total. The summed E-state index contributed by atoms with van der Waals surface area (Å²) in [7, 11) is 3.32. The summed E-state index contributed by atoms with van der Waals surface area (Å²) in [5.74, 6) is -0.174. The van der Waals surface area contributed by atoms with E-state index >= 15 is 0 Å². The van der Waals surface area contributed by atoms with E-state index in [-0.39, 0.29) is 11.6 Å². The second-order valence-electron chi connectivity index (χ2n) is 7.48. The van der Waals surface area contributed by atoms with Gasteiger partial charge in [0, 0.05) is 43.8 Å². The summed E-state index contributed by atoms with van der Waals surface area (Å²) < 4.78 is 0. The van der Waals surface area contributed by atoms with E-state index in [0.717, 1.165) is 11.1 Å². The average Bonchev–Trinajstić information content (AvgIpc) is 3.42. The SMILES string of the molecule is CN(C)C(=O)Nc1cncc(-c2cnc3[nH]nc(-c4nc5c(C(N)=O)ccnc5[nH]4)c3c2)c1. The second kappa shape index (κ2) is 7.67. The highest BCUT2D eigenvalue weighted by molar-refractivity contribution is 6.04. The fourth-order valence-electron chi connectivity index (χ4n) is 3.36. The minimum atomic E-state index is -0.593. The number of amides is 3. The van der Waals surface area contributed by atoms with Crippen LogP contribution in [0, 0.1) is 0 Å². The number of primary amides is 1. The van der Waals surface area contributed by atoms with Crippen molar-refractivity contribution in [3.8, 4) is 22.6 Å². The number of H-pyrrole nitrogens is 2. The Labute approximate surface area is 186 Å². The third-order valence-electron chi connectivity index (χ3n) is 5.02. The molecule has 0 aromatic carbocycles. The van der Waals surface area contributed by atoms with Crippen molar-refractivity contribution in [2.75, 3.05) is 19.4 Å². The molecule has 0 spiro atoms. The Bertz CT molecular complexity index is 1530. The summed E-state index contributed by atoms with van der Waals surface area (Å²) in [5, 5.41) is 10.7. The molecule has 0 bridgehead atoms. The molecule has 3 amide bonds. The largest absolute Gasteiger partial charge is 0.366 e. The van der Waals surface area contributed by atoms with Crippen molar-refractivity contribution >= 4 is 39.8 Å². The number of aromatic amines is 2. The van der Waals surface area contributed by atoms with Gasteiger partial charge in [0.1, 0.15) is 11.2 Å². The Morgan fingerprint density at radius 3 is 2.67 bits per heavy atom. The number of hydrogen-bond acceptors (Lipinski definition) is 7. The molecule has 0 fully saturated rings. The lowest BCUT2D eigenvalue weighted by Crippen LogP contribution is -2.27. The number of pyridine rings is 3. The predicted octanol–water partition coefficient (Wildman–Crippen LogP) is 2.15. The number of rotatable bonds is 4.